The van der Waals surface area contributed by atoms with Crippen LogP contribution in [0.5, 0.6) is 0 Å². The highest BCUT2D eigenvalue weighted by molar-refractivity contribution is 5.84. The van der Waals surface area contributed by atoms with Gasteiger partial charge in [0.15, 0.2) is 6.04 Å². The Morgan fingerprint density at radius 1 is 1.50 bits per heavy atom. The molecule has 1 aliphatic rings. The SMILES string of the molecule is CCOC(=O)[C@H]1c2cn[nH]c2CN1C(=O)OC(C)(C)C. The van der Waals surface area contributed by atoms with E-state index in [2.05, 4.69) is 10.2 Å². The molecule has 1 amide bonds. The fourth-order valence-electron chi connectivity index (χ4n) is 2.08. The van der Waals surface area contributed by atoms with Gasteiger partial charge >= 0.3 is 12.1 Å². The molecular formula is C13H19N3O4. The quantitative estimate of drug-likeness (QED) is 0.835. The summed E-state index contributed by atoms with van der Waals surface area (Å²) in [5.74, 6) is -0.474. The Kier molecular flexibility index (Phi) is 3.69. The van der Waals surface area contributed by atoms with Crippen LogP contribution in [0.2, 0.25) is 0 Å². The second-order valence-corrected chi connectivity index (χ2v) is 5.57. The van der Waals surface area contributed by atoms with E-state index in [0.29, 0.717) is 5.56 Å². The monoisotopic (exact) mass is 281 g/mol. The Morgan fingerprint density at radius 2 is 2.20 bits per heavy atom. The highest BCUT2D eigenvalue weighted by Crippen LogP contribution is 2.34. The molecule has 1 aromatic heterocycles. The number of carbonyl (C=O) groups is 2. The van der Waals surface area contributed by atoms with Gasteiger partial charge in [0.25, 0.3) is 0 Å². The van der Waals surface area contributed by atoms with Gasteiger partial charge in [-0.05, 0) is 27.7 Å². The molecule has 1 N–H and O–H groups in total. The van der Waals surface area contributed by atoms with Crippen LogP contribution < -0.4 is 0 Å². The molecule has 0 radical (unpaired) electrons. The van der Waals surface area contributed by atoms with Crippen molar-refractivity contribution in [3.05, 3.63) is 17.5 Å². The second kappa shape index (κ2) is 5.15. The van der Waals surface area contributed by atoms with Crippen LogP contribution in [-0.4, -0.2) is 39.4 Å². The number of H-pyrrole nitrogens is 1. The van der Waals surface area contributed by atoms with Crippen LogP contribution in [0.25, 0.3) is 0 Å². The van der Waals surface area contributed by atoms with Crippen molar-refractivity contribution in [2.45, 2.75) is 45.9 Å². The van der Waals surface area contributed by atoms with E-state index in [-0.39, 0.29) is 13.2 Å². The number of carbonyl (C=O) groups excluding carboxylic acids is 2. The number of fused-ring (bicyclic) bond motifs is 1. The molecule has 0 aromatic carbocycles. The molecule has 0 bridgehead atoms. The number of nitrogens with zero attached hydrogens (tertiary/aromatic N) is 2. The number of hydrogen-bond donors (Lipinski definition) is 1. The highest BCUT2D eigenvalue weighted by atomic mass is 16.6. The summed E-state index contributed by atoms with van der Waals surface area (Å²) in [6.45, 7) is 7.57. The molecule has 0 spiro atoms. The maximum Gasteiger partial charge on any atom is 0.411 e. The molecule has 0 fully saturated rings. The van der Waals surface area contributed by atoms with Crippen molar-refractivity contribution in [3.8, 4) is 0 Å². The van der Waals surface area contributed by atoms with Gasteiger partial charge in [-0.15, -0.1) is 0 Å². The van der Waals surface area contributed by atoms with Crippen molar-refractivity contribution >= 4 is 12.1 Å². The van der Waals surface area contributed by atoms with Gasteiger partial charge in [0.05, 0.1) is 25.0 Å². The number of esters is 1. The Morgan fingerprint density at radius 3 is 2.80 bits per heavy atom. The average molecular weight is 281 g/mol. The molecule has 2 heterocycles. The number of amides is 1. The summed E-state index contributed by atoms with van der Waals surface area (Å²) in [6, 6.07) is -0.793. The molecule has 20 heavy (non-hydrogen) atoms. The third kappa shape index (κ3) is 2.76. The van der Waals surface area contributed by atoms with Crippen LogP contribution in [0, 0.1) is 0 Å². The number of aromatic nitrogens is 2. The summed E-state index contributed by atoms with van der Waals surface area (Å²) in [6.07, 6.45) is 1.00. The van der Waals surface area contributed by atoms with Crippen LogP contribution in [0.1, 0.15) is 45.0 Å². The van der Waals surface area contributed by atoms with E-state index in [0.717, 1.165) is 5.69 Å². The van der Waals surface area contributed by atoms with E-state index in [1.807, 2.05) is 0 Å². The van der Waals surface area contributed by atoms with E-state index in [1.54, 1.807) is 33.9 Å². The predicted molar refractivity (Wildman–Crippen MR) is 69.7 cm³/mol. The molecule has 1 atom stereocenters. The Labute approximate surface area is 117 Å². The smallest absolute Gasteiger partial charge is 0.411 e. The van der Waals surface area contributed by atoms with Crippen LogP contribution in [-0.2, 0) is 20.8 Å². The zero-order valence-corrected chi connectivity index (χ0v) is 12.1. The van der Waals surface area contributed by atoms with Crippen molar-refractivity contribution < 1.29 is 19.1 Å². The molecule has 7 heteroatoms. The largest absolute Gasteiger partial charge is 0.464 e. The first kappa shape index (κ1) is 14.4. The van der Waals surface area contributed by atoms with Crippen molar-refractivity contribution in [1.29, 1.82) is 0 Å². The van der Waals surface area contributed by atoms with E-state index < -0.39 is 23.7 Å². The second-order valence-electron chi connectivity index (χ2n) is 5.57. The van der Waals surface area contributed by atoms with Gasteiger partial charge in [0, 0.05) is 5.56 Å². The number of aromatic amines is 1. The van der Waals surface area contributed by atoms with Crippen LogP contribution in [0.4, 0.5) is 4.79 Å². The molecular weight excluding hydrogens is 262 g/mol. The summed E-state index contributed by atoms with van der Waals surface area (Å²) in [4.78, 5) is 25.6. The maximum absolute atomic E-state index is 12.2. The normalized spacial score (nSPS) is 17.8. The zero-order chi connectivity index (χ0) is 14.9. The third-order valence-corrected chi connectivity index (χ3v) is 2.82. The lowest BCUT2D eigenvalue weighted by atomic mass is 10.1. The van der Waals surface area contributed by atoms with Gasteiger partial charge in [-0.2, -0.15) is 5.10 Å². The number of ether oxygens (including phenoxy) is 2. The Bertz CT molecular complexity index is 518. The molecule has 110 valence electrons. The lowest BCUT2D eigenvalue weighted by Gasteiger charge is -2.27. The molecule has 0 saturated carbocycles. The lowest BCUT2D eigenvalue weighted by Crippen LogP contribution is -2.39. The molecule has 0 aliphatic carbocycles. The molecule has 1 aliphatic heterocycles. The fraction of sp³-hybridized carbons (Fsp3) is 0.615. The van der Waals surface area contributed by atoms with Gasteiger partial charge in [-0.3, -0.25) is 10.00 Å². The summed E-state index contributed by atoms with van der Waals surface area (Å²) in [5, 5.41) is 6.68. The number of rotatable bonds is 2. The maximum atomic E-state index is 12.2. The first-order valence-electron chi connectivity index (χ1n) is 6.52. The summed E-state index contributed by atoms with van der Waals surface area (Å²) in [5.41, 5.74) is 0.772. The van der Waals surface area contributed by atoms with Crippen molar-refractivity contribution in [2.75, 3.05) is 6.61 Å². The molecule has 1 aromatic rings. The standard InChI is InChI=1S/C13H19N3O4/c1-5-19-11(17)10-8-6-14-15-9(8)7-16(10)12(18)20-13(2,3)4/h6,10H,5,7H2,1-4H3,(H,14,15)/t10-/m1/s1. The van der Waals surface area contributed by atoms with Gasteiger partial charge in [-0.25, -0.2) is 9.59 Å². The number of hydrogen-bond acceptors (Lipinski definition) is 5. The summed E-state index contributed by atoms with van der Waals surface area (Å²) >= 11 is 0. The topological polar surface area (TPSA) is 84.5 Å². The third-order valence-electron chi connectivity index (χ3n) is 2.82. The molecule has 7 nitrogen and oxygen atoms in total. The summed E-state index contributed by atoms with van der Waals surface area (Å²) < 4.78 is 10.4. The minimum atomic E-state index is -0.793. The minimum absolute atomic E-state index is 0.255. The average Bonchev–Trinajstić information content (AvgIpc) is 2.85. The lowest BCUT2D eigenvalue weighted by molar-refractivity contribution is -0.149. The van der Waals surface area contributed by atoms with Gasteiger partial charge in [0.2, 0.25) is 0 Å². The van der Waals surface area contributed by atoms with Gasteiger partial charge < -0.3 is 9.47 Å². The highest BCUT2D eigenvalue weighted by Gasteiger charge is 2.42. The van der Waals surface area contributed by atoms with Crippen LogP contribution in [0.3, 0.4) is 0 Å². The van der Waals surface area contributed by atoms with Crippen LogP contribution in [0.15, 0.2) is 6.20 Å². The van der Waals surface area contributed by atoms with E-state index in [4.69, 9.17) is 9.47 Å². The Balaban J connectivity index is 2.23. The molecule has 2 rings (SSSR count). The van der Waals surface area contributed by atoms with Crippen molar-refractivity contribution in [2.24, 2.45) is 0 Å². The predicted octanol–water partition coefficient (Wildman–Crippen LogP) is 1.76. The van der Waals surface area contributed by atoms with E-state index in [1.165, 1.54) is 4.90 Å². The van der Waals surface area contributed by atoms with Gasteiger partial charge in [0.1, 0.15) is 5.60 Å². The Hall–Kier alpha value is -2.05. The number of nitrogens with one attached hydrogen (secondary N) is 1. The van der Waals surface area contributed by atoms with Crippen LogP contribution >= 0.6 is 0 Å². The molecule has 0 unspecified atom stereocenters. The first-order valence-corrected chi connectivity index (χ1v) is 6.52. The van der Waals surface area contributed by atoms with E-state index >= 15 is 0 Å². The zero-order valence-electron chi connectivity index (χ0n) is 12.1. The summed E-state index contributed by atoms with van der Waals surface area (Å²) in [7, 11) is 0. The molecule has 0 saturated heterocycles. The minimum Gasteiger partial charge on any atom is -0.464 e. The van der Waals surface area contributed by atoms with Gasteiger partial charge in [-0.1, -0.05) is 0 Å². The van der Waals surface area contributed by atoms with Crippen molar-refractivity contribution in [3.63, 3.8) is 0 Å². The first-order chi connectivity index (χ1) is 9.33. The van der Waals surface area contributed by atoms with Crippen molar-refractivity contribution in [1.82, 2.24) is 15.1 Å². The van der Waals surface area contributed by atoms with E-state index in [9.17, 15) is 9.59 Å². The fourth-order valence-corrected chi connectivity index (χ4v) is 2.08.